The molecule has 2 heterocycles. The van der Waals surface area contributed by atoms with Gasteiger partial charge in [-0.25, -0.2) is 0 Å². The van der Waals surface area contributed by atoms with Crippen molar-refractivity contribution >= 4 is 5.91 Å². The Morgan fingerprint density at radius 2 is 1.71 bits per heavy atom. The maximum atomic E-state index is 12.7. The number of carbonyl (C=O) groups excluding carboxylic acids is 1. The Hall–Kier alpha value is -1.75. The lowest BCUT2D eigenvalue weighted by molar-refractivity contribution is -0.133. The summed E-state index contributed by atoms with van der Waals surface area (Å²) < 4.78 is 10.8. The third kappa shape index (κ3) is 3.66. The van der Waals surface area contributed by atoms with E-state index >= 15 is 0 Å². The van der Waals surface area contributed by atoms with Gasteiger partial charge in [0.1, 0.15) is 0 Å². The van der Waals surface area contributed by atoms with Crippen LogP contribution in [0.2, 0.25) is 0 Å². The van der Waals surface area contributed by atoms with Crippen molar-refractivity contribution in [3.63, 3.8) is 0 Å². The molecule has 2 aliphatic heterocycles. The molecule has 0 atom stereocenters. The third-order valence-corrected chi connectivity index (χ3v) is 5.37. The molecule has 1 saturated heterocycles. The average Bonchev–Trinajstić information content (AvgIpc) is 2.61. The summed E-state index contributed by atoms with van der Waals surface area (Å²) in [4.78, 5) is 17.0. The molecular weight excluding hydrogens is 304 g/mol. The van der Waals surface area contributed by atoms with Gasteiger partial charge in [-0.3, -0.25) is 4.79 Å². The van der Waals surface area contributed by atoms with E-state index in [2.05, 4.69) is 11.9 Å². The summed E-state index contributed by atoms with van der Waals surface area (Å²) in [5.41, 5.74) is 2.44. The van der Waals surface area contributed by atoms with E-state index in [1.807, 2.05) is 17.0 Å². The molecule has 24 heavy (non-hydrogen) atoms. The largest absolute Gasteiger partial charge is 0.493 e. The number of piperidine rings is 1. The van der Waals surface area contributed by atoms with Crippen LogP contribution in [0.1, 0.15) is 30.4 Å². The van der Waals surface area contributed by atoms with E-state index in [9.17, 15) is 4.79 Å². The van der Waals surface area contributed by atoms with Crippen LogP contribution < -0.4 is 9.47 Å². The number of rotatable bonds is 4. The zero-order chi connectivity index (χ0) is 17.1. The minimum absolute atomic E-state index is 0.296. The number of carbonyl (C=O) groups is 1. The molecule has 0 N–H and O–H groups in total. The minimum Gasteiger partial charge on any atom is -0.493 e. The SMILES string of the molecule is COc1cc2c(cc1OC)CN(C(=O)CC1CCN(C)CC1)CC2. The van der Waals surface area contributed by atoms with Gasteiger partial charge in [0.2, 0.25) is 5.91 Å². The van der Waals surface area contributed by atoms with Gasteiger partial charge in [0, 0.05) is 19.5 Å². The number of methoxy groups -OCH3 is 2. The molecule has 5 nitrogen and oxygen atoms in total. The van der Waals surface area contributed by atoms with E-state index in [-0.39, 0.29) is 0 Å². The molecule has 0 radical (unpaired) electrons. The molecule has 1 fully saturated rings. The molecule has 0 aromatic heterocycles. The fourth-order valence-electron chi connectivity index (χ4n) is 3.74. The standard InChI is InChI=1S/C19H28N2O3/c1-20-7-4-14(5-8-20)10-19(22)21-9-6-15-11-17(23-2)18(24-3)12-16(15)13-21/h11-12,14H,4-10,13H2,1-3H3. The third-order valence-electron chi connectivity index (χ3n) is 5.37. The molecule has 0 bridgehead atoms. The zero-order valence-corrected chi connectivity index (χ0v) is 15.0. The molecule has 1 aromatic carbocycles. The Morgan fingerprint density at radius 1 is 1.08 bits per heavy atom. The first-order valence-corrected chi connectivity index (χ1v) is 8.80. The van der Waals surface area contributed by atoms with Crippen molar-refractivity contribution in [1.82, 2.24) is 9.80 Å². The lowest BCUT2D eigenvalue weighted by atomic mass is 9.92. The Kier molecular flexibility index (Phi) is 5.29. The van der Waals surface area contributed by atoms with Crippen molar-refractivity contribution < 1.29 is 14.3 Å². The van der Waals surface area contributed by atoms with Gasteiger partial charge in [-0.15, -0.1) is 0 Å². The second kappa shape index (κ2) is 7.43. The monoisotopic (exact) mass is 332 g/mol. The van der Waals surface area contributed by atoms with E-state index in [0.29, 0.717) is 24.8 Å². The Labute approximate surface area is 144 Å². The van der Waals surface area contributed by atoms with Crippen LogP contribution in [0.3, 0.4) is 0 Å². The maximum absolute atomic E-state index is 12.7. The summed E-state index contributed by atoms with van der Waals surface area (Å²) in [6.45, 7) is 3.70. The van der Waals surface area contributed by atoms with Gasteiger partial charge in [0.15, 0.2) is 11.5 Å². The zero-order valence-electron chi connectivity index (χ0n) is 15.0. The molecule has 1 aromatic rings. The van der Waals surface area contributed by atoms with Crippen LogP contribution >= 0.6 is 0 Å². The predicted molar refractivity (Wildman–Crippen MR) is 93.5 cm³/mol. The van der Waals surface area contributed by atoms with E-state index in [1.165, 1.54) is 11.1 Å². The highest BCUT2D eigenvalue weighted by Gasteiger charge is 2.26. The number of amides is 1. The topological polar surface area (TPSA) is 42.0 Å². The van der Waals surface area contributed by atoms with E-state index in [4.69, 9.17) is 9.47 Å². The van der Waals surface area contributed by atoms with Gasteiger partial charge in [-0.1, -0.05) is 0 Å². The molecule has 2 aliphatic rings. The van der Waals surface area contributed by atoms with Crippen LogP contribution in [0.25, 0.3) is 0 Å². The highest BCUT2D eigenvalue weighted by molar-refractivity contribution is 5.77. The summed E-state index contributed by atoms with van der Waals surface area (Å²) in [5.74, 6) is 2.34. The fraction of sp³-hybridized carbons (Fsp3) is 0.632. The molecule has 0 aliphatic carbocycles. The van der Waals surface area contributed by atoms with Crippen molar-refractivity contribution in [1.29, 1.82) is 0 Å². The fourth-order valence-corrected chi connectivity index (χ4v) is 3.74. The van der Waals surface area contributed by atoms with Crippen molar-refractivity contribution in [2.75, 3.05) is 40.9 Å². The normalized spacial score (nSPS) is 19.0. The minimum atomic E-state index is 0.296. The number of nitrogens with zero attached hydrogens (tertiary/aromatic N) is 2. The lowest BCUT2D eigenvalue weighted by Gasteiger charge is -2.33. The van der Waals surface area contributed by atoms with E-state index in [1.54, 1.807) is 14.2 Å². The summed E-state index contributed by atoms with van der Waals surface area (Å²) in [5, 5.41) is 0. The predicted octanol–water partition coefficient (Wildman–Crippen LogP) is 2.32. The molecule has 132 valence electrons. The van der Waals surface area contributed by atoms with Crippen molar-refractivity contribution in [2.45, 2.75) is 32.2 Å². The van der Waals surface area contributed by atoms with Gasteiger partial charge in [-0.2, -0.15) is 0 Å². The highest BCUT2D eigenvalue weighted by atomic mass is 16.5. The van der Waals surface area contributed by atoms with Gasteiger partial charge in [0.25, 0.3) is 0 Å². The number of benzene rings is 1. The van der Waals surface area contributed by atoms with Gasteiger partial charge >= 0.3 is 0 Å². The number of hydrogen-bond donors (Lipinski definition) is 0. The molecule has 5 heteroatoms. The quantitative estimate of drug-likeness (QED) is 0.849. The summed E-state index contributed by atoms with van der Waals surface area (Å²) >= 11 is 0. The first-order chi connectivity index (χ1) is 11.6. The van der Waals surface area contributed by atoms with Crippen molar-refractivity contribution in [2.24, 2.45) is 5.92 Å². The first-order valence-electron chi connectivity index (χ1n) is 8.80. The van der Waals surface area contributed by atoms with Crippen LogP contribution in [0, 0.1) is 5.92 Å². The molecule has 1 amide bonds. The first kappa shape index (κ1) is 17.1. The summed E-state index contributed by atoms with van der Waals surface area (Å²) in [6.07, 6.45) is 3.85. The lowest BCUT2D eigenvalue weighted by Crippen LogP contribution is -2.38. The molecule has 0 spiro atoms. The Balaban J connectivity index is 1.64. The van der Waals surface area contributed by atoms with Crippen LogP contribution in [0.4, 0.5) is 0 Å². The average molecular weight is 332 g/mol. The van der Waals surface area contributed by atoms with Crippen molar-refractivity contribution in [3.8, 4) is 11.5 Å². The maximum Gasteiger partial charge on any atom is 0.223 e. The van der Waals surface area contributed by atoms with Crippen LogP contribution in [-0.4, -0.2) is 56.6 Å². The molecule has 0 saturated carbocycles. The number of fused-ring (bicyclic) bond motifs is 1. The van der Waals surface area contributed by atoms with Crippen molar-refractivity contribution in [3.05, 3.63) is 23.3 Å². The molecule has 0 unspecified atom stereocenters. The summed E-state index contributed by atoms with van der Waals surface area (Å²) in [6, 6.07) is 4.07. The second-order valence-electron chi connectivity index (χ2n) is 6.99. The second-order valence-corrected chi connectivity index (χ2v) is 6.99. The molecule has 3 rings (SSSR count). The summed E-state index contributed by atoms with van der Waals surface area (Å²) in [7, 11) is 5.46. The van der Waals surface area contributed by atoms with Crippen LogP contribution in [0.15, 0.2) is 12.1 Å². The Bertz CT molecular complexity index is 595. The van der Waals surface area contributed by atoms with Crippen LogP contribution in [-0.2, 0) is 17.8 Å². The van der Waals surface area contributed by atoms with E-state index < -0.39 is 0 Å². The van der Waals surface area contributed by atoms with E-state index in [0.717, 1.165) is 50.4 Å². The highest BCUT2D eigenvalue weighted by Crippen LogP contribution is 2.33. The van der Waals surface area contributed by atoms with Gasteiger partial charge in [-0.05, 0) is 68.6 Å². The Morgan fingerprint density at radius 3 is 2.33 bits per heavy atom. The van der Waals surface area contributed by atoms with Crippen LogP contribution in [0.5, 0.6) is 11.5 Å². The smallest absolute Gasteiger partial charge is 0.223 e. The number of ether oxygens (including phenoxy) is 2. The molecular formula is C19H28N2O3. The van der Waals surface area contributed by atoms with Gasteiger partial charge in [0.05, 0.1) is 14.2 Å². The number of likely N-dealkylation sites (tertiary alicyclic amines) is 1. The number of hydrogen-bond acceptors (Lipinski definition) is 4. The van der Waals surface area contributed by atoms with Gasteiger partial charge < -0.3 is 19.3 Å².